The highest BCUT2D eigenvalue weighted by molar-refractivity contribution is 5.96. The maximum atomic E-state index is 11.9. The standard InChI is InChI=1S/C24H25N9O2/c1-4-16(13-29-20(25)14-33-10-9-26-15(33)3)17-11-18(22-27-7-6-8-28-22)21-19(12-17)30-23(31-21)32-24(34)35-5-2/h4,6-13H,1,5,14H2,2-3H3,(H2,25,29)(H2,30,31,32,34)/b16-13+. The SMILES string of the molecule is C=C/C(=C\N=C(N)Cn1ccnc1C)c1cc(-c2ncccn2)c2nc(NC(=O)OCC)[nH]c2c1. The predicted octanol–water partition coefficient (Wildman–Crippen LogP) is 3.68. The number of aromatic nitrogens is 6. The molecule has 178 valence electrons. The van der Waals surface area contributed by atoms with Crippen molar-refractivity contribution in [3.05, 3.63) is 73.2 Å². The Morgan fingerprint density at radius 1 is 1.29 bits per heavy atom. The highest BCUT2D eigenvalue weighted by atomic mass is 16.5. The lowest BCUT2D eigenvalue weighted by atomic mass is 10.0. The van der Waals surface area contributed by atoms with E-state index >= 15 is 0 Å². The minimum Gasteiger partial charge on any atom is -0.450 e. The number of nitrogens with zero attached hydrogens (tertiary/aromatic N) is 6. The molecule has 4 N–H and O–H groups in total. The zero-order valence-corrected chi connectivity index (χ0v) is 19.4. The second-order valence-corrected chi connectivity index (χ2v) is 7.43. The Balaban J connectivity index is 1.74. The van der Waals surface area contributed by atoms with E-state index in [1.54, 1.807) is 43.9 Å². The molecule has 3 heterocycles. The maximum absolute atomic E-state index is 11.9. The lowest BCUT2D eigenvalue weighted by molar-refractivity contribution is 0.167. The summed E-state index contributed by atoms with van der Waals surface area (Å²) in [5.74, 6) is 1.99. The molecule has 4 rings (SSSR count). The number of benzene rings is 1. The van der Waals surface area contributed by atoms with Crippen LogP contribution in [0.4, 0.5) is 10.7 Å². The molecule has 4 aromatic rings. The van der Waals surface area contributed by atoms with Crippen molar-refractivity contribution in [1.29, 1.82) is 0 Å². The van der Waals surface area contributed by atoms with Gasteiger partial charge < -0.3 is 20.0 Å². The van der Waals surface area contributed by atoms with Crippen LogP contribution < -0.4 is 11.1 Å². The summed E-state index contributed by atoms with van der Waals surface area (Å²) >= 11 is 0. The first kappa shape index (κ1) is 23.4. The molecule has 1 aromatic carbocycles. The molecule has 35 heavy (non-hydrogen) atoms. The average molecular weight is 472 g/mol. The summed E-state index contributed by atoms with van der Waals surface area (Å²) < 4.78 is 6.85. The Bertz CT molecular complexity index is 1420. The number of imidazole rings is 2. The van der Waals surface area contributed by atoms with Gasteiger partial charge in [0, 0.05) is 36.6 Å². The van der Waals surface area contributed by atoms with Crippen molar-refractivity contribution in [3.63, 3.8) is 0 Å². The zero-order valence-electron chi connectivity index (χ0n) is 19.4. The first-order chi connectivity index (χ1) is 17.0. The second kappa shape index (κ2) is 10.4. The fraction of sp³-hybridized carbons (Fsp3) is 0.167. The van der Waals surface area contributed by atoms with Crippen LogP contribution >= 0.6 is 0 Å². The molecule has 0 aliphatic carbocycles. The number of anilines is 1. The van der Waals surface area contributed by atoms with Crippen molar-refractivity contribution in [2.75, 3.05) is 11.9 Å². The smallest absolute Gasteiger partial charge is 0.413 e. The van der Waals surface area contributed by atoms with E-state index in [1.807, 2.05) is 29.8 Å². The van der Waals surface area contributed by atoms with Crippen LogP contribution in [0, 0.1) is 6.92 Å². The Morgan fingerprint density at radius 3 is 2.77 bits per heavy atom. The van der Waals surface area contributed by atoms with Crippen LogP contribution in [-0.2, 0) is 11.3 Å². The summed E-state index contributed by atoms with van der Waals surface area (Å²) in [5.41, 5.74) is 9.57. The molecule has 11 nitrogen and oxygen atoms in total. The van der Waals surface area contributed by atoms with Crippen LogP contribution in [0.3, 0.4) is 0 Å². The number of aromatic amines is 1. The minimum atomic E-state index is -0.603. The summed E-state index contributed by atoms with van der Waals surface area (Å²) in [6, 6.07) is 5.51. The van der Waals surface area contributed by atoms with Gasteiger partial charge in [0.05, 0.1) is 18.7 Å². The van der Waals surface area contributed by atoms with Crippen LogP contribution in [-0.4, -0.2) is 48.0 Å². The van der Waals surface area contributed by atoms with Gasteiger partial charge in [-0.05, 0) is 43.2 Å². The first-order valence-electron chi connectivity index (χ1n) is 10.9. The van der Waals surface area contributed by atoms with Crippen molar-refractivity contribution >= 4 is 34.5 Å². The van der Waals surface area contributed by atoms with Crippen LogP contribution in [0.2, 0.25) is 0 Å². The van der Waals surface area contributed by atoms with Crippen molar-refractivity contribution in [1.82, 2.24) is 29.5 Å². The Hall–Kier alpha value is -4.80. The van der Waals surface area contributed by atoms with E-state index in [4.69, 9.17) is 10.5 Å². The number of nitrogens with one attached hydrogen (secondary N) is 2. The van der Waals surface area contributed by atoms with Gasteiger partial charge in [0.15, 0.2) is 5.82 Å². The molecule has 0 unspecified atom stereocenters. The quantitative estimate of drug-likeness (QED) is 0.202. The molecule has 0 saturated heterocycles. The van der Waals surface area contributed by atoms with E-state index < -0.39 is 6.09 Å². The van der Waals surface area contributed by atoms with Crippen LogP contribution in [0.25, 0.3) is 28.0 Å². The third-order valence-corrected chi connectivity index (χ3v) is 5.07. The number of hydrogen-bond acceptors (Lipinski definition) is 7. The van der Waals surface area contributed by atoms with Crippen LogP contribution in [0.15, 0.2) is 66.8 Å². The molecule has 0 saturated carbocycles. The number of carbonyl (C=O) groups excluding carboxylic acids is 1. The van der Waals surface area contributed by atoms with Crippen molar-refractivity contribution in [2.45, 2.75) is 20.4 Å². The normalized spacial score (nSPS) is 12.1. The van der Waals surface area contributed by atoms with Crippen molar-refractivity contribution in [3.8, 4) is 11.4 Å². The summed E-state index contributed by atoms with van der Waals surface area (Å²) in [6.45, 7) is 8.22. The lowest BCUT2D eigenvalue weighted by Gasteiger charge is -2.07. The molecule has 0 aliphatic heterocycles. The number of fused-ring (bicyclic) bond motifs is 1. The summed E-state index contributed by atoms with van der Waals surface area (Å²) in [6.07, 6.45) is 9.59. The number of hydrogen-bond donors (Lipinski definition) is 3. The fourth-order valence-corrected chi connectivity index (χ4v) is 3.40. The molecule has 11 heteroatoms. The molecular weight excluding hydrogens is 446 g/mol. The number of amides is 1. The van der Waals surface area contributed by atoms with Gasteiger partial charge in [-0.15, -0.1) is 0 Å². The van der Waals surface area contributed by atoms with Gasteiger partial charge in [-0.3, -0.25) is 5.32 Å². The molecular formula is C24H25N9O2. The molecule has 3 aromatic heterocycles. The van der Waals surface area contributed by atoms with Gasteiger partial charge in [0.25, 0.3) is 0 Å². The monoisotopic (exact) mass is 471 g/mol. The zero-order chi connectivity index (χ0) is 24.8. The van der Waals surface area contributed by atoms with E-state index in [2.05, 4.69) is 41.8 Å². The third-order valence-electron chi connectivity index (χ3n) is 5.07. The summed E-state index contributed by atoms with van der Waals surface area (Å²) in [7, 11) is 0. The molecule has 0 atom stereocenters. The van der Waals surface area contributed by atoms with Gasteiger partial charge in [0.2, 0.25) is 5.95 Å². The van der Waals surface area contributed by atoms with Gasteiger partial charge in [-0.25, -0.2) is 29.7 Å². The number of rotatable bonds is 8. The Kier molecular flexibility index (Phi) is 6.96. The fourth-order valence-electron chi connectivity index (χ4n) is 3.40. The number of aliphatic imine (C=N–C) groups is 1. The molecule has 0 aliphatic rings. The minimum absolute atomic E-state index is 0.245. The van der Waals surface area contributed by atoms with E-state index in [-0.39, 0.29) is 12.6 Å². The Labute approximate surface area is 201 Å². The number of amidine groups is 1. The number of ether oxygens (including phenoxy) is 1. The van der Waals surface area contributed by atoms with E-state index in [1.165, 1.54) is 0 Å². The average Bonchev–Trinajstić information content (AvgIpc) is 3.44. The van der Waals surface area contributed by atoms with E-state index in [0.29, 0.717) is 34.8 Å². The maximum Gasteiger partial charge on any atom is 0.413 e. The number of allylic oxidation sites excluding steroid dienone is 2. The van der Waals surface area contributed by atoms with Gasteiger partial charge in [-0.2, -0.15) is 0 Å². The number of nitrogens with two attached hydrogens (primary N) is 1. The lowest BCUT2D eigenvalue weighted by Crippen LogP contribution is -2.19. The van der Waals surface area contributed by atoms with E-state index in [0.717, 1.165) is 17.0 Å². The van der Waals surface area contributed by atoms with Gasteiger partial charge >= 0.3 is 6.09 Å². The highest BCUT2D eigenvalue weighted by Gasteiger charge is 2.16. The van der Waals surface area contributed by atoms with Gasteiger partial charge in [0.1, 0.15) is 17.2 Å². The number of aryl methyl sites for hydroxylation is 1. The molecule has 0 bridgehead atoms. The summed E-state index contributed by atoms with van der Waals surface area (Å²) in [5, 5.41) is 2.59. The van der Waals surface area contributed by atoms with Crippen molar-refractivity contribution in [2.24, 2.45) is 10.7 Å². The second-order valence-electron chi connectivity index (χ2n) is 7.43. The summed E-state index contributed by atoms with van der Waals surface area (Å²) in [4.78, 5) is 36.8. The van der Waals surface area contributed by atoms with Crippen molar-refractivity contribution < 1.29 is 9.53 Å². The number of H-pyrrole nitrogens is 1. The van der Waals surface area contributed by atoms with Crippen LogP contribution in [0.5, 0.6) is 0 Å². The topological polar surface area (TPSA) is 149 Å². The molecule has 0 radical (unpaired) electrons. The molecule has 1 amide bonds. The Morgan fingerprint density at radius 2 is 2.09 bits per heavy atom. The first-order valence-corrected chi connectivity index (χ1v) is 10.9. The highest BCUT2D eigenvalue weighted by Crippen LogP contribution is 2.31. The predicted molar refractivity (Wildman–Crippen MR) is 135 cm³/mol. The molecule has 0 spiro atoms. The largest absolute Gasteiger partial charge is 0.450 e. The van der Waals surface area contributed by atoms with Crippen LogP contribution in [0.1, 0.15) is 18.3 Å². The third kappa shape index (κ3) is 5.41. The molecule has 0 fully saturated rings. The van der Waals surface area contributed by atoms with E-state index in [9.17, 15) is 4.79 Å². The van der Waals surface area contributed by atoms with Gasteiger partial charge in [-0.1, -0.05) is 12.7 Å². The number of carbonyl (C=O) groups is 1.